The molecule has 3 rings (SSSR count). The van der Waals surface area contributed by atoms with Crippen LogP contribution in [0, 0.1) is 0 Å². The number of ketones is 1. The molecule has 0 bridgehead atoms. The van der Waals surface area contributed by atoms with Crippen LogP contribution in [-0.4, -0.2) is 40.4 Å². The molecule has 1 unspecified atom stereocenters. The van der Waals surface area contributed by atoms with Crippen LogP contribution < -0.4 is 5.32 Å². The molecular weight excluding hydrogens is 334 g/mol. The summed E-state index contributed by atoms with van der Waals surface area (Å²) < 4.78 is 5.97. The van der Waals surface area contributed by atoms with E-state index in [0.29, 0.717) is 27.4 Å². The van der Waals surface area contributed by atoms with E-state index in [9.17, 15) is 9.59 Å². The van der Waals surface area contributed by atoms with Crippen LogP contribution in [-0.2, 0) is 9.53 Å². The Morgan fingerprint density at radius 1 is 1.30 bits per heavy atom. The molecule has 1 fully saturated rings. The van der Waals surface area contributed by atoms with Crippen molar-refractivity contribution in [2.75, 3.05) is 17.7 Å². The number of amides is 1. The van der Waals surface area contributed by atoms with E-state index in [0.717, 1.165) is 12.8 Å². The van der Waals surface area contributed by atoms with Crippen LogP contribution in [0.25, 0.3) is 0 Å². The first-order chi connectivity index (χ1) is 11.2. The smallest absolute Gasteiger partial charge is 0.255 e. The van der Waals surface area contributed by atoms with Crippen molar-refractivity contribution in [3.8, 4) is 0 Å². The van der Waals surface area contributed by atoms with Crippen molar-refractivity contribution in [2.45, 2.75) is 23.3 Å². The number of nitrogens with zero attached hydrogens (tertiary/aromatic N) is 2. The third-order valence-corrected chi connectivity index (χ3v) is 5.25. The molecule has 2 aromatic rings. The standard InChI is InChI=1S/C15H15N3O3S2/c19-11(10-5-2-1-3-6-10)9-22-15-18-17-14(23-15)16-13(20)12-7-4-8-21-12/h1-3,5-6,12H,4,7-9H2,(H,16,17,20). The Kier molecular flexibility index (Phi) is 5.37. The minimum Gasteiger partial charge on any atom is -0.368 e. The second-order valence-electron chi connectivity index (χ2n) is 4.94. The lowest BCUT2D eigenvalue weighted by Gasteiger charge is -2.06. The van der Waals surface area contributed by atoms with Gasteiger partial charge in [-0.2, -0.15) is 0 Å². The summed E-state index contributed by atoms with van der Waals surface area (Å²) in [4.78, 5) is 23.9. The predicted octanol–water partition coefficient (Wildman–Crippen LogP) is 2.63. The Balaban J connectivity index is 1.51. The van der Waals surface area contributed by atoms with E-state index in [4.69, 9.17) is 4.74 Å². The molecule has 1 amide bonds. The third kappa shape index (κ3) is 4.37. The predicted molar refractivity (Wildman–Crippen MR) is 89.0 cm³/mol. The van der Waals surface area contributed by atoms with Crippen molar-refractivity contribution in [3.05, 3.63) is 35.9 Å². The van der Waals surface area contributed by atoms with Crippen molar-refractivity contribution < 1.29 is 14.3 Å². The van der Waals surface area contributed by atoms with Crippen molar-refractivity contribution in [1.82, 2.24) is 10.2 Å². The Labute approximate surface area is 141 Å². The Morgan fingerprint density at radius 3 is 2.87 bits per heavy atom. The lowest BCUT2D eigenvalue weighted by atomic mass is 10.2. The van der Waals surface area contributed by atoms with Gasteiger partial charge >= 0.3 is 0 Å². The number of hydrogen-bond acceptors (Lipinski definition) is 7. The van der Waals surface area contributed by atoms with E-state index in [-0.39, 0.29) is 11.7 Å². The van der Waals surface area contributed by atoms with Gasteiger partial charge in [0.1, 0.15) is 6.10 Å². The SMILES string of the molecule is O=C(CSc1nnc(NC(=O)C2CCCO2)s1)c1ccccc1. The Morgan fingerprint density at radius 2 is 2.13 bits per heavy atom. The van der Waals surface area contributed by atoms with Gasteiger partial charge in [-0.15, -0.1) is 10.2 Å². The fourth-order valence-corrected chi connectivity index (χ4v) is 3.77. The third-order valence-electron chi connectivity index (χ3n) is 3.28. The topological polar surface area (TPSA) is 81.2 Å². The maximum Gasteiger partial charge on any atom is 0.255 e. The first kappa shape index (κ1) is 16.1. The largest absolute Gasteiger partial charge is 0.368 e. The summed E-state index contributed by atoms with van der Waals surface area (Å²) in [6.07, 6.45) is 1.24. The van der Waals surface area contributed by atoms with E-state index in [1.807, 2.05) is 18.2 Å². The highest BCUT2D eigenvalue weighted by molar-refractivity contribution is 8.01. The minimum absolute atomic E-state index is 0.0377. The number of thioether (sulfide) groups is 1. The second-order valence-corrected chi connectivity index (χ2v) is 7.14. The number of carbonyl (C=O) groups excluding carboxylic acids is 2. The molecule has 0 saturated carbocycles. The van der Waals surface area contributed by atoms with Gasteiger partial charge in [0.2, 0.25) is 5.13 Å². The molecule has 6 nitrogen and oxygen atoms in total. The average Bonchev–Trinajstić information content (AvgIpc) is 3.25. The van der Waals surface area contributed by atoms with Gasteiger partial charge in [-0.05, 0) is 12.8 Å². The van der Waals surface area contributed by atoms with Crippen LogP contribution in [0.5, 0.6) is 0 Å². The van der Waals surface area contributed by atoms with Crippen LogP contribution in [0.4, 0.5) is 5.13 Å². The molecule has 1 N–H and O–H groups in total. The van der Waals surface area contributed by atoms with E-state index in [1.165, 1.54) is 23.1 Å². The zero-order valence-electron chi connectivity index (χ0n) is 12.2. The highest BCUT2D eigenvalue weighted by atomic mass is 32.2. The maximum absolute atomic E-state index is 12.0. The zero-order chi connectivity index (χ0) is 16.1. The fourth-order valence-electron chi connectivity index (χ4n) is 2.12. The molecular formula is C15H15N3O3S2. The van der Waals surface area contributed by atoms with Crippen molar-refractivity contribution in [3.63, 3.8) is 0 Å². The molecule has 1 aromatic heterocycles. The molecule has 23 heavy (non-hydrogen) atoms. The average molecular weight is 349 g/mol. The van der Waals surface area contributed by atoms with Crippen LogP contribution in [0.2, 0.25) is 0 Å². The number of rotatable bonds is 6. The van der Waals surface area contributed by atoms with Gasteiger partial charge in [0, 0.05) is 12.2 Å². The van der Waals surface area contributed by atoms with E-state index in [1.54, 1.807) is 12.1 Å². The van der Waals surface area contributed by atoms with Crippen LogP contribution in [0.15, 0.2) is 34.7 Å². The molecule has 8 heteroatoms. The Hall–Kier alpha value is -1.77. The summed E-state index contributed by atoms with van der Waals surface area (Å²) in [7, 11) is 0. The summed E-state index contributed by atoms with van der Waals surface area (Å²) in [5, 5.41) is 11.0. The van der Waals surface area contributed by atoms with E-state index < -0.39 is 6.10 Å². The molecule has 1 aliphatic heterocycles. The van der Waals surface area contributed by atoms with Crippen molar-refractivity contribution >= 4 is 39.9 Å². The number of hydrogen-bond donors (Lipinski definition) is 1. The van der Waals surface area contributed by atoms with E-state index >= 15 is 0 Å². The molecule has 0 aliphatic carbocycles. The number of ether oxygens (including phenoxy) is 1. The second kappa shape index (κ2) is 7.67. The van der Waals surface area contributed by atoms with Gasteiger partial charge in [-0.3, -0.25) is 14.9 Å². The monoisotopic (exact) mass is 349 g/mol. The summed E-state index contributed by atoms with van der Waals surface area (Å²) in [5.41, 5.74) is 0.677. The number of anilines is 1. The van der Waals surface area contributed by atoms with Gasteiger partial charge in [0.15, 0.2) is 10.1 Å². The van der Waals surface area contributed by atoms with Gasteiger partial charge in [-0.25, -0.2) is 0 Å². The summed E-state index contributed by atoms with van der Waals surface area (Å²) in [6.45, 7) is 0.622. The Bertz CT molecular complexity index is 684. The highest BCUT2D eigenvalue weighted by Gasteiger charge is 2.24. The quantitative estimate of drug-likeness (QED) is 0.490. The molecule has 0 radical (unpaired) electrons. The van der Waals surface area contributed by atoms with Gasteiger partial charge in [0.25, 0.3) is 5.91 Å². The molecule has 1 aromatic carbocycles. The highest BCUT2D eigenvalue weighted by Crippen LogP contribution is 2.26. The molecule has 0 spiro atoms. The molecule has 1 atom stereocenters. The summed E-state index contributed by atoms with van der Waals surface area (Å²) >= 11 is 2.57. The number of benzene rings is 1. The first-order valence-corrected chi connectivity index (χ1v) is 8.99. The molecule has 1 saturated heterocycles. The lowest BCUT2D eigenvalue weighted by Crippen LogP contribution is -2.26. The van der Waals surface area contributed by atoms with Crippen LogP contribution in [0.1, 0.15) is 23.2 Å². The number of nitrogens with one attached hydrogen (secondary N) is 1. The summed E-state index contributed by atoms with van der Waals surface area (Å²) in [6, 6.07) is 9.12. The van der Waals surface area contributed by atoms with E-state index in [2.05, 4.69) is 15.5 Å². The van der Waals surface area contributed by atoms with Crippen molar-refractivity contribution in [2.24, 2.45) is 0 Å². The summed E-state index contributed by atoms with van der Waals surface area (Å²) in [5.74, 6) is 0.143. The number of carbonyl (C=O) groups is 2. The maximum atomic E-state index is 12.0. The first-order valence-electron chi connectivity index (χ1n) is 7.19. The van der Waals surface area contributed by atoms with Crippen LogP contribution in [0.3, 0.4) is 0 Å². The zero-order valence-corrected chi connectivity index (χ0v) is 13.9. The fraction of sp³-hybridized carbons (Fsp3) is 0.333. The van der Waals surface area contributed by atoms with Gasteiger partial charge in [-0.1, -0.05) is 53.4 Å². The minimum atomic E-state index is -0.394. The van der Waals surface area contributed by atoms with Crippen LogP contribution >= 0.6 is 23.1 Å². The molecule has 2 heterocycles. The lowest BCUT2D eigenvalue weighted by molar-refractivity contribution is -0.124. The molecule has 120 valence electrons. The van der Waals surface area contributed by atoms with Crippen molar-refractivity contribution in [1.29, 1.82) is 0 Å². The normalized spacial score (nSPS) is 17.1. The molecule has 1 aliphatic rings. The number of aromatic nitrogens is 2. The number of Topliss-reactive ketones (excluding diaryl/α,β-unsaturated/α-hetero) is 1. The van der Waals surface area contributed by atoms with Gasteiger partial charge in [0.05, 0.1) is 5.75 Å². The van der Waals surface area contributed by atoms with Gasteiger partial charge < -0.3 is 4.74 Å².